The van der Waals surface area contributed by atoms with Crippen LogP contribution < -0.4 is 5.32 Å². The molecule has 0 radical (unpaired) electrons. The lowest BCUT2D eigenvalue weighted by molar-refractivity contribution is 0.302. The summed E-state index contributed by atoms with van der Waals surface area (Å²) < 4.78 is 0. The summed E-state index contributed by atoms with van der Waals surface area (Å²) in [7, 11) is 2.05. The minimum absolute atomic E-state index is 0.678. The Hall–Kier alpha value is -0.0400. The van der Waals surface area contributed by atoms with Crippen molar-refractivity contribution >= 4 is 0 Å². The van der Waals surface area contributed by atoms with E-state index in [9.17, 15) is 0 Å². The molecule has 1 nitrogen and oxygen atoms in total. The van der Waals surface area contributed by atoms with Gasteiger partial charge in [0.2, 0.25) is 0 Å². The SMILES string of the molecule is CCC(CC)C(C)CC[C@@H](C)NC. The molecule has 1 N–H and O–H groups in total. The highest BCUT2D eigenvalue weighted by Crippen LogP contribution is 2.23. The molecule has 0 fully saturated rings. The van der Waals surface area contributed by atoms with E-state index in [1.165, 1.54) is 25.7 Å². The molecule has 80 valence electrons. The Morgan fingerprint density at radius 1 is 1.00 bits per heavy atom. The van der Waals surface area contributed by atoms with Crippen molar-refractivity contribution in [2.24, 2.45) is 11.8 Å². The van der Waals surface area contributed by atoms with Crippen LogP contribution in [0.25, 0.3) is 0 Å². The van der Waals surface area contributed by atoms with Gasteiger partial charge >= 0.3 is 0 Å². The highest BCUT2D eigenvalue weighted by molar-refractivity contribution is 4.67. The van der Waals surface area contributed by atoms with Gasteiger partial charge in [-0.25, -0.2) is 0 Å². The highest BCUT2D eigenvalue weighted by atomic mass is 14.8. The van der Waals surface area contributed by atoms with E-state index in [1.807, 2.05) is 7.05 Å². The molecule has 0 aromatic heterocycles. The third-order valence-corrected chi connectivity index (χ3v) is 3.40. The van der Waals surface area contributed by atoms with Gasteiger partial charge in [0.15, 0.2) is 0 Å². The topological polar surface area (TPSA) is 12.0 Å². The Morgan fingerprint density at radius 3 is 1.92 bits per heavy atom. The monoisotopic (exact) mass is 185 g/mol. The molecule has 1 unspecified atom stereocenters. The number of nitrogens with one attached hydrogen (secondary N) is 1. The van der Waals surface area contributed by atoms with Crippen LogP contribution in [0, 0.1) is 11.8 Å². The molecule has 0 aliphatic rings. The summed E-state index contributed by atoms with van der Waals surface area (Å²) in [6.07, 6.45) is 5.36. The van der Waals surface area contributed by atoms with Crippen molar-refractivity contribution in [1.82, 2.24) is 5.32 Å². The molecule has 2 atom stereocenters. The predicted molar refractivity (Wildman–Crippen MR) is 61.0 cm³/mol. The van der Waals surface area contributed by atoms with Gasteiger partial charge in [0.25, 0.3) is 0 Å². The maximum absolute atomic E-state index is 3.30. The first-order valence-electron chi connectivity index (χ1n) is 5.82. The molecule has 0 heterocycles. The fourth-order valence-corrected chi connectivity index (χ4v) is 1.99. The van der Waals surface area contributed by atoms with Crippen molar-refractivity contribution in [3.63, 3.8) is 0 Å². The lowest BCUT2D eigenvalue weighted by Gasteiger charge is -2.22. The Bertz CT molecular complexity index is 108. The maximum Gasteiger partial charge on any atom is 0.00358 e. The van der Waals surface area contributed by atoms with E-state index in [-0.39, 0.29) is 0 Å². The Balaban J connectivity index is 3.65. The van der Waals surface area contributed by atoms with Crippen LogP contribution in [0.5, 0.6) is 0 Å². The van der Waals surface area contributed by atoms with Crippen LogP contribution in [-0.4, -0.2) is 13.1 Å². The van der Waals surface area contributed by atoms with Crippen molar-refractivity contribution in [1.29, 1.82) is 0 Å². The predicted octanol–water partition coefficient (Wildman–Crippen LogP) is 3.45. The Labute approximate surface area is 84.3 Å². The summed E-state index contributed by atoms with van der Waals surface area (Å²) in [6.45, 7) is 9.29. The lowest BCUT2D eigenvalue weighted by atomic mass is 9.85. The van der Waals surface area contributed by atoms with E-state index < -0.39 is 0 Å². The van der Waals surface area contributed by atoms with E-state index in [2.05, 4.69) is 33.0 Å². The van der Waals surface area contributed by atoms with E-state index in [0.717, 1.165) is 11.8 Å². The van der Waals surface area contributed by atoms with Gasteiger partial charge in [0.05, 0.1) is 0 Å². The van der Waals surface area contributed by atoms with Gasteiger partial charge in [-0.05, 0) is 38.6 Å². The average Bonchev–Trinajstić information content (AvgIpc) is 2.16. The third kappa shape index (κ3) is 5.30. The van der Waals surface area contributed by atoms with Crippen LogP contribution >= 0.6 is 0 Å². The summed E-state index contributed by atoms with van der Waals surface area (Å²) in [4.78, 5) is 0. The second kappa shape index (κ2) is 7.37. The van der Waals surface area contributed by atoms with Gasteiger partial charge in [-0.3, -0.25) is 0 Å². The second-order valence-corrected chi connectivity index (χ2v) is 4.32. The van der Waals surface area contributed by atoms with Crippen LogP contribution in [0.4, 0.5) is 0 Å². The zero-order valence-corrected chi connectivity index (χ0v) is 10.1. The molecular weight excluding hydrogens is 158 g/mol. The molecule has 0 aliphatic heterocycles. The van der Waals surface area contributed by atoms with Crippen molar-refractivity contribution < 1.29 is 0 Å². The molecular formula is C12H27N. The van der Waals surface area contributed by atoms with Crippen LogP contribution in [0.1, 0.15) is 53.4 Å². The van der Waals surface area contributed by atoms with Gasteiger partial charge in [-0.15, -0.1) is 0 Å². The minimum Gasteiger partial charge on any atom is -0.317 e. The van der Waals surface area contributed by atoms with Crippen LogP contribution in [0.2, 0.25) is 0 Å². The lowest BCUT2D eigenvalue weighted by Crippen LogP contribution is -2.22. The molecule has 1 heteroatoms. The van der Waals surface area contributed by atoms with Gasteiger partial charge in [0, 0.05) is 6.04 Å². The third-order valence-electron chi connectivity index (χ3n) is 3.40. The largest absolute Gasteiger partial charge is 0.317 e. The summed E-state index contributed by atoms with van der Waals surface area (Å²) in [6, 6.07) is 0.678. The van der Waals surface area contributed by atoms with Crippen molar-refractivity contribution in [3.05, 3.63) is 0 Å². The summed E-state index contributed by atoms with van der Waals surface area (Å²) in [5, 5.41) is 3.30. The number of hydrogen-bond donors (Lipinski definition) is 1. The minimum atomic E-state index is 0.678. The maximum atomic E-state index is 3.30. The Kier molecular flexibility index (Phi) is 7.35. The van der Waals surface area contributed by atoms with Crippen molar-refractivity contribution in [2.75, 3.05) is 7.05 Å². The summed E-state index contributed by atoms with van der Waals surface area (Å²) in [5.41, 5.74) is 0. The fraction of sp³-hybridized carbons (Fsp3) is 1.00. The average molecular weight is 185 g/mol. The van der Waals surface area contributed by atoms with Gasteiger partial charge in [-0.1, -0.05) is 33.6 Å². The molecule has 0 amide bonds. The first-order valence-corrected chi connectivity index (χ1v) is 5.82. The van der Waals surface area contributed by atoms with E-state index >= 15 is 0 Å². The van der Waals surface area contributed by atoms with Crippen LogP contribution in [0.15, 0.2) is 0 Å². The highest BCUT2D eigenvalue weighted by Gasteiger charge is 2.13. The molecule has 0 spiro atoms. The smallest absolute Gasteiger partial charge is 0.00358 e. The Morgan fingerprint density at radius 2 is 1.54 bits per heavy atom. The quantitative estimate of drug-likeness (QED) is 0.640. The standard InChI is InChI=1S/C12H27N/c1-6-12(7-2)10(3)8-9-11(4)13-5/h10-13H,6-9H2,1-5H3/t10?,11-/m1/s1. The normalized spacial score (nSPS) is 16.2. The van der Waals surface area contributed by atoms with Crippen molar-refractivity contribution in [3.8, 4) is 0 Å². The molecule has 0 aromatic rings. The van der Waals surface area contributed by atoms with Gasteiger partial charge < -0.3 is 5.32 Å². The number of hydrogen-bond acceptors (Lipinski definition) is 1. The molecule has 0 bridgehead atoms. The summed E-state index contributed by atoms with van der Waals surface area (Å²) in [5.74, 6) is 1.83. The second-order valence-electron chi connectivity index (χ2n) is 4.32. The fourth-order valence-electron chi connectivity index (χ4n) is 1.99. The van der Waals surface area contributed by atoms with Crippen LogP contribution in [0.3, 0.4) is 0 Å². The molecule has 0 saturated carbocycles. The van der Waals surface area contributed by atoms with Crippen LogP contribution in [-0.2, 0) is 0 Å². The van der Waals surface area contributed by atoms with E-state index in [4.69, 9.17) is 0 Å². The number of rotatable bonds is 7. The van der Waals surface area contributed by atoms with Crippen molar-refractivity contribution in [2.45, 2.75) is 59.4 Å². The zero-order valence-electron chi connectivity index (χ0n) is 10.1. The van der Waals surface area contributed by atoms with E-state index in [1.54, 1.807) is 0 Å². The first-order chi connectivity index (χ1) is 6.15. The molecule has 0 aromatic carbocycles. The molecule has 0 saturated heterocycles. The van der Waals surface area contributed by atoms with Gasteiger partial charge in [-0.2, -0.15) is 0 Å². The molecule has 0 rings (SSSR count). The van der Waals surface area contributed by atoms with E-state index in [0.29, 0.717) is 6.04 Å². The molecule has 13 heavy (non-hydrogen) atoms. The first kappa shape index (κ1) is 13.0. The zero-order chi connectivity index (χ0) is 10.3. The summed E-state index contributed by atoms with van der Waals surface area (Å²) >= 11 is 0. The molecule has 0 aliphatic carbocycles. The van der Waals surface area contributed by atoms with Gasteiger partial charge in [0.1, 0.15) is 0 Å².